The van der Waals surface area contributed by atoms with Gasteiger partial charge in [0.1, 0.15) is 5.75 Å². The lowest BCUT2D eigenvalue weighted by atomic mass is 9.95. The van der Waals surface area contributed by atoms with Crippen LogP contribution in [0.2, 0.25) is 0 Å². The molecular weight excluding hydrogens is 1070 g/mol. The van der Waals surface area contributed by atoms with Gasteiger partial charge in [-0.1, -0.05) is 433 Å². The number of rotatable bonds is 66. The molecule has 0 aromatic heterocycles. The van der Waals surface area contributed by atoms with E-state index in [0.29, 0.717) is 26.1 Å². The van der Waals surface area contributed by atoms with Crippen LogP contribution in [0.3, 0.4) is 0 Å². The second kappa shape index (κ2) is 58.9. The molecule has 0 radical (unpaired) electrons. The summed E-state index contributed by atoms with van der Waals surface area (Å²) in [7, 11) is -3.84. The maximum atomic E-state index is 13.7. The van der Waals surface area contributed by atoms with E-state index >= 15 is 0 Å². The first-order valence-corrected chi connectivity index (χ1v) is 40.1. The Hall–Kier alpha value is -2.39. The van der Waals surface area contributed by atoms with Crippen LogP contribution in [0.5, 0.6) is 5.75 Å². The largest absolute Gasteiger partial charge is 0.493 e. The van der Waals surface area contributed by atoms with E-state index in [1.165, 1.54) is 351 Å². The summed E-state index contributed by atoms with van der Waals surface area (Å²) >= 11 is 0. The van der Waals surface area contributed by atoms with Crippen LogP contribution in [0.25, 0.3) is 0 Å². The highest BCUT2D eigenvalue weighted by Gasteiger charge is 2.23. The lowest BCUT2D eigenvalue weighted by Crippen LogP contribution is -2.07. The predicted molar refractivity (Wildman–Crippen MR) is 380 cm³/mol. The summed E-state index contributed by atoms with van der Waals surface area (Å²) < 4.78 is 26.3. The summed E-state index contributed by atoms with van der Waals surface area (Å²) in [5.74, 6) is 0.941. The molecule has 3 rings (SSSR count). The van der Waals surface area contributed by atoms with Gasteiger partial charge in [-0.2, -0.15) is 0 Å². The van der Waals surface area contributed by atoms with E-state index in [-0.39, 0.29) is 6.16 Å². The molecule has 3 aromatic rings. The Bertz CT molecular complexity index is 1850. The molecule has 0 bridgehead atoms. The van der Waals surface area contributed by atoms with Crippen molar-refractivity contribution < 1.29 is 18.7 Å². The fourth-order valence-electron chi connectivity index (χ4n) is 13.2. The molecule has 1 N–H and O–H groups in total. The first kappa shape index (κ1) is 77.9. The number of ether oxygens (including phenoxy) is 1. The summed E-state index contributed by atoms with van der Waals surface area (Å²) in [6.45, 7) is 5.63. The van der Waals surface area contributed by atoms with Crippen LogP contribution in [-0.4, -0.2) is 18.1 Å². The molecule has 0 amide bonds. The minimum atomic E-state index is -3.84. The van der Waals surface area contributed by atoms with Gasteiger partial charge < -0.3 is 14.2 Å². The lowest BCUT2D eigenvalue weighted by molar-refractivity contribution is 0.251. The van der Waals surface area contributed by atoms with Crippen molar-refractivity contribution in [2.45, 2.75) is 392 Å². The van der Waals surface area contributed by atoms with Crippen LogP contribution in [0, 0.1) is 0 Å². The molecule has 1 unspecified atom stereocenters. The lowest BCUT2D eigenvalue weighted by Gasteiger charge is -2.20. The summed E-state index contributed by atoms with van der Waals surface area (Å²) in [5.41, 5.74) is 5.43. The summed E-state index contributed by atoms with van der Waals surface area (Å²) in [6, 6.07) is 25.4. The zero-order chi connectivity index (χ0) is 61.0. The molecule has 0 aliphatic rings. The second-order valence-corrected chi connectivity index (χ2v) is 29.0. The number of unbranched alkanes of at least 4 members (excludes halogenated alkanes) is 54. The summed E-state index contributed by atoms with van der Waals surface area (Å²) in [4.78, 5) is 11.2. The quantitative estimate of drug-likeness (QED) is 0.0452. The van der Waals surface area contributed by atoms with E-state index in [4.69, 9.17) is 9.26 Å². The fraction of sp³-hybridized carbons (Fsp3) is 0.778. The van der Waals surface area contributed by atoms with Crippen LogP contribution < -0.4 is 4.74 Å². The smallest absolute Gasteiger partial charge is 0.332 e. The second-order valence-electron chi connectivity index (χ2n) is 27.1. The number of hydrogen-bond donors (Lipinski definition) is 1. The van der Waals surface area contributed by atoms with Gasteiger partial charge in [0.2, 0.25) is 0 Å². The van der Waals surface area contributed by atoms with E-state index in [1.807, 2.05) is 0 Å². The molecule has 1 atom stereocenters. The van der Waals surface area contributed by atoms with Crippen LogP contribution in [-0.2, 0) is 28.1 Å². The minimum absolute atomic E-state index is 0.00993. The van der Waals surface area contributed by atoms with E-state index in [1.54, 1.807) is 0 Å². The normalized spacial score (nSPS) is 12.4. The van der Waals surface area contributed by atoms with Crippen LogP contribution in [0.1, 0.15) is 401 Å². The van der Waals surface area contributed by atoms with Crippen molar-refractivity contribution in [3.05, 3.63) is 101 Å². The van der Waals surface area contributed by atoms with Crippen LogP contribution in [0.4, 0.5) is 0 Å². The molecule has 0 aliphatic carbocycles. The van der Waals surface area contributed by atoms with E-state index in [0.717, 1.165) is 41.7 Å². The highest BCUT2D eigenvalue weighted by molar-refractivity contribution is 7.51. The average Bonchev–Trinajstić information content (AvgIpc) is 2.53. The molecule has 494 valence electrons. The van der Waals surface area contributed by atoms with Crippen molar-refractivity contribution >= 4 is 7.60 Å². The first-order valence-electron chi connectivity index (χ1n) is 38.3. The SMILES string of the molecule is CCCCCCCCCCCCCCCCCCCCCCCCCCCCCCOc1c(Cc2ccccc2)cc(CP(=O)(O)OCCCCCCCCCCCCCCCCCCCCCCCCCCCCCC)cc1Cc1ccccc1. The van der Waals surface area contributed by atoms with Gasteiger partial charge in [0, 0.05) is 12.8 Å². The van der Waals surface area contributed by atoms with Gasteiger partial charge in [-0.05, 0) is 40.7 Å². The van der Waals surface area contributed by atoms with Gasteiger partial charge in [0.25, 0.3) is 0 Å². The van der Waals surface area contributed by atoms with E-state index in [2.05, 4.69) is 86.6 Å². The molecular formula is C81H141O4P. The maximum Gasteiger partial charge on any atom is 0.332 e. The molecule has 4 nitrogen and oxygen atoms in total. The molecule has 0 aliphatic heterocycles. The Kier molecular flexibility index (Phi) is 53.4. The Balaban J connectivity index is 1.22. The van der Waals surface area contributed by atoms with Gasteiger partial charge in [0.15, 0.2) is 0 Å². The van der Waals surface area contributed by atoms with Crippen LogP contribution in [0.15, 0.2) is 72.8 Å². The van der Waals surface area contributed by atoms with Crippen LogP contribution >= 0.6 is 7.60 Å². The molecule has 86 heavy (non-hydrogen) atoms. The maximum absolute atomic E-state index is 13.7. The highest BCUT2D eigenvalue weighted by Crippen LogP contribution is 2.47. The Morgan fingerprint density at radius 2 is 0.512 bits per heavy atom. The zero-order valence-corrected chi connectivity index (χ0v) is 58.1. The fourth-order valence-corrected chi connectivity index (χ4v) is 14.3. The first-order chi connectivity index (χ1) is 42.5. The van der Waals surface area contributed by atoms with Crippen molar-refractivity contribution in [1.29, 1.82) is 0 Å². The van der Waals surface area contributed by atoms with E-state index < -0.39 is 7.60 Å². The van der Waals surface area contributed by atoms with Crippen molar-refractivity contribution in [2.75, 3.05) is 13.2 Å². The highest BCUT2D eigenvalue weighted by atomic mass is 31.2. The molecule has 0 saturated heterocycles. The van der Waals surface area contributed by atoms with Crippen molar-refractivity contribution in [3.8, 4) is 5.75 Å². The molecule has 5 heteroatoms. The third-order valence-corrected chi connectivity index (χ3v) is 20.0. The topological polar surface area (TPSA) is 55.8 Å². The third kappa shape index (κ3) is 47.5. The summed E-state index contributed by atoms with van der Waals surface area (Å²) in [5, 5.41) is 0. The summed E-state index contributed by atoms with van der Waals surface area (Å²) in [6.07, 6.45) is 79.3. The molecule has 0 saturated carbocycles. The predicted octanol–water partition coefficient (Wildman–Crippen LogP) is 27.8. The third-order valence-electron chi connectivity index (χ3n) is 18.7. The molecule has 0 heterocycles. The van der Waals surface area contributed by atoms with Crippen molar-refractivity contribution in [3.63, 3.8) is 0 Å². The number of benzene rings is 3. The number of hydrogen-bond acceptors (Lipinski definition) is 3. The zero-order valence-electron chi connectivity index (χ0n) is 57.2. The average molecular weight is 1210 g/mol. The Morgan fingerprint density at radius 1 is 0.291 bits per heavy atom. The Morgan fingerprint density at radius 3 is 0.756 bits per heavy atom. The van der Waals surface area contributed by atoms with Crippen molar-refractivity contribution in [2.24, 2.45) is 0 Å². The van der Waals surface area contributed by atoms with Crippen molar-refractivity contribution in [1.82, 2.24) is 0 Å². The van der Waals surface area contributed by atoms with Gasteiger partial charge in [-0.25, -0.2) is 0 Å². The molecule has 0 spiro atoms. The van der Waals surface area contributed by atoms with Gasteiger partial charge in [0.05, 0.1) is 19.4 Å². The van der Waals surface area contributed by atoms with Gasteiger partial charge in [-0.3, -0.25) is 4.57 Å². The minimum Gasteiger partial charge on any atom is -0.493 e. The van der Waals surface area contributed by atoms with Gasteiger partial charge >= 0.3 is 7.60 Å². The molecule has 0 fully saturated rings. The molecule has 3 aromatic carbocycles. The van der Waals surface area contributed by atoms with E-state index in [9.17, 15) is 9.46 Å². The Labute approximate surface area is 535 Å². The van der Waals surface area contributed by atoms with Gasteiger partial charge in [-0.15, -0.1) is 0 Å². The monoisotopic (exact) mass is 1210 g/mol. The standard InChI is InChI=1S/C81H141O4P/c1-3-5-7-9-11-13-15-17-19-21-23-25-27-29-31-33-35-37-39-41-43-45-47-49-51-53-55-63-69-84-81-79(71-76-65-59-57-60-66-76)73-78(74-80(81)72-77-67-61-58-62-68-77)75-86(82,83)85-70-64-56-54-52-50-48-46-44-42-40-38-36-34-32-30-28-26-24-22-20-18-16-14-12-10-8-6-4-2/h57-62,65-68,73-74H,3-56,63-64,69-72,75H2,1-2H3,(H,82,83).